The van der Waals surface area contributed by atoms with Crippen LogP contribution in [0.3, 0.4) is 0 Å². The zero-order valence-corrected chi connectivity index (χ0v) is 9.29. The number of hydrogen-bond donors (Lipinski definition) is 2. The van der Waals surface area contributed by atoms with Crippen molar-refractivity contribution in [1.82, 2.24) is 0 Å². The maximum absolute atomic E-state index is 11.1. The number of fused-ring (bicyclic) bond motifs is 1. The van der Waals surface area contributed by atoms with Gasteiger partial charge in [-0.3, -0.25) is 4.55 Å². The molecule has 17 heavy (non-hydrogen) atoms. The van der Waals surface area contributed by atoms with E-state index in [2.05, 4.69) is 4.79 Å². The van der Waals surface area contributed by atoms with Crippen molar-refractivity contribution < 1.29 is 22.9 Å². The van der Waals surface area contributed by atoms with E-state index in [0.717, 1.165) is 6.08 Å². The second-order valence-electron chi connectivity index (χ2n) is 3.50. The summed E-state index contributed by atoms with van der Waals surface area (Å²) in [6.45, 7) is 0. The first-order valence-corrected chi connectivity index (χ1v) is 6.07. The van der Waals surface area contributed by atoms with Crippen LogP contribution in [0.25, 0.3) is 11.6 Å². The molecule has 0 saturated carbocycles. The van der Waals surface area contributed by atoms with E-state index in [-0.39, 0.29) is 5.71 Å². The van der Waals surface area contributed by atoms with Crippen LogP contribution in [-0.4, -0.2) is 34.7 Å². The van der Waals surface area contributed by atoms with E-state index in [4.69, 9.17) is 10.1 Å². The lowest BCUT2D eigenvalue weighted by Gasteiger charge is -2.15. The lowest BCUT2D eigenvalue weighted by Crippen LogP contribution is -2.31. The largest absolute Gasteiger partial charge is 0.376 e. The van der Waals surface area contributed by atoms with Crippen LogP contribution in [-0.2, 0) is 10.1 Å². The van der Waals surface area contributed by atoms with Crippen LogP contribution in [0, 0.1) is 0 Å². The Morgan fingerprint density at radius 1 is 1.29 bits per heavy atom. The molecule has 1 aliphatic rings. The number of aliphatic hydroxyl groups is 1. The number of benzene rings is 1. The van der Waals surface area contributed by atoms with Crippen LogP contribution in [0.4, 0.5) is 0 Å². The Labute approximate surface area is 97.2 Å². The molecule has 1 aromatic rings. The Bertz CT molecular complexity index is 657. The molecule has 1 atom stereocenters. The molecule has 0 bridgehead atoms. The van der Waals surface area contributed by atoms with E-state index in [1.54, 1.807) is 24.3 Å². The number of hydrogen-bond acceptors (Lipinski definition) is 3. The summed E-state index contributed by atoms with van der Waals surface area (Å²) in [5.41, 5.74) is 9.46. The molecular formula is C10H8N2O4S. The SMILES string of the molecule is [N-]=[N+]=C1c2ccccc2C=C(S(=O)(=O)O)C1O. The summed E-state index contributed by atoms with van der Waals surface area (Å²) in [6.07, 6.45) is -0.533. The average molecular weight is 252 g/mol. The van der Waals surface area contributed by atoms with Crippen molar-refractivity contribution in [3.63, 3.8) is 0 Å². The summed E-state index contributed by atoms with van der Waals surface area (Å²) >= 11 is 0. The summed E-state index contributed by atoms with van der Waals surface area (Å²) in [4.78, 5) is 2.28. The van der Waals surface area contributed by atoms with Crippen LogP contribution >= 0.6 is 0 Å². The third kappa shape index (κ3) is 1.92. The van der Waals surface area contributed by atoms with E-state index in [1.807, 2.05) is 0 Å². The second kappa shape index (κ2) is 3.90. The third-order valence-electron chi connectivity index (χ3n) is 2.47. The average Bonchev–Trinajstić information content (AvgIpc) is 2.27. The standard InChI is InChI=1S/C10H8N2O4S/c11-12-9-7-4-2-1-3-6(7)5-8(10(9)13)17(14,15)16/h1-5,10,13H,(H,14,15,16). The van der Waals surface area contributed by atoms with Gasteiger partial charge < -0.3 is 10.6 Å². The van der Waals surface area contributed by atoms with E-state index >= 15 is 0 Å². The molecule has 0 heterocycles. The first-order valence-electron chi connectivity index (χ1n) is 4.63. The van der Waals surface area contributed by atoms with Gasteiger partial charge in [0.05, 0.1) is 5.56 Å². The molecule has 88 valence electrons. The van der Waals surface area contributed by atoms with Gasteiger partial charge in [-0.05, 0) is 17.7 Å². The van der Waals surface area contributed by atoms with Crippen LogP contribution in [0.2, 0.25) is 0 Å². The maximum atomic E-state index is 11.1. The molecule has 0 radical (unpaired) electrons. The van der Waals surface area contributed by atoms with Gasteiger partial charge in [0, 0.05) is 0 Å². The minimum Gasteiger partial charge on any atom is -0.376 e. The molecule has 7 heteroatoms. The monoisotopic (exact) mass is 252 g/mol. The van der Waals surface area contributed by atoms with Crippen molar-refractivity contribution >= 4 is 21.9 Å². The van der Waals surface area contributed by atoms with Crippen LogP contribution in [0.15, 0.2) is 29.2 Å². The van der Waals surface area contributed by atoms with Gasteiger partial charge >= 0.3 is 5.71 Å². The fourth-order valence-corrected chi connectivity index (χ4v) is 2.36. The number of rotatable bonds is 1. The lowest BCUT2D eigenvalue weighted by atomic mass is 9.94. The molecule has 6 nitrogen and oxygen atoms in total. The predicted molar refractivity (Wildman–Crippen MR) is 59.7 cm³/mol. The van der Waals surface area contributed by atoms with Gasteiger partial charge in [0.2, 0.25) is 0 Å². The first-order chi connectivity index (χ1) is 7.95. The van der Waals surface area contributed by atoms with Crippen molar-refractivity contribution in [2.24, 2.45) is 0 Å². The van der Waals surface area contributed by atoms with E-state index < -0.39 is 21.1 Å². The molecule has 2 N–H and O–H groups in total. The zero-order valence-electron chi connectivity index (χ0n) is 8.48. The smallest absolute Gasteiger partial charge is 0.333 e. The highest BCUT2D eigenvalue weighted by molar-refractivity contribution is 7.90. The Kier molecular flexibility index (Phi) is 2.68. The van der Waals surface area contributed by atoms with E-state index in [0.29, 0.717) is 11.1 Å². The van der Waals surface area contributed by atoms with Gasteiger partial charge in [-0.1, -0.05) is 18.2 Å². The Morgan fingerprint density at radius 2 is 1.94 bits per heavy atom. The van der Waals surface area contributed by atoms with Crippen molar-refractivity contribution in [3.05, 3.63) is 45.8 Å². The first kappa shape index (κ1) is 11.7. The molecule has 0 amide bonds. The maximum Gasteiger partial charge on any atom is 0.333 e. The highest BCUT2D eigenvalue weighted by Gasteiger charge is 2.38. The number of nitrogens with zero attached hydrogens (tertiary/aromatic N) is 2. The Balaban J connectivity index is 2.78. The predicted octanol–water partition coefficient (Wildman–Crippen LogP) is 0.309. The molecule has 0 aromatic heterocycles. The summed E-state index contributed by atoms with van der Waals surface area (Å²) in [5.74, 6) is 0. The van der Waals surface area contributed by atoms with Crippen LogP contribution in [0.5, 0.6) is 0 Å². The summed E-state index contributed by atoms with van der Waals surface area (Å²) < 4.78 is 31.1. The molecule has 0 spiro atoms. The quantitative estimate of drug-likeness (QED) is 0.425. The molecule has 0 aliphatic heterocycles. The molecule has 1 aromatic carbocycles. The van der Waals surface area contributed by atoms with Crippen molar-refractivity contribution in [2.75, 3.05) is 0 Å². The highest BCUT2D eigenvalue weighted by Crippen LogP contribution is 2.26. The molecular weight excluding hydrogens is 244 g/mol. The van der Waals surface area contributed by atoms with E-state index in [9.17, 15) is 13.5 Å². The van der Waals surface area contributed by atoms with Crippen molar-refractivity contribution in [3.8, 4) is 0 Å². The molecule has 1 aliphatic carbocycles. The molecule has 0 fully saturated rings. The van der Waals surface area contributed by atoms with Crippen LogP contribution < -0.4 is 0 Å². The minimum absolute atomic E-state index is 0.212. The Morgan fingerprint density at radius 3 is 2.53 bits per heavy atom. The van der Waals surface area contributed by atoms with Gasteiger partial charge in [-0.15, -0.1) is 0 Å². The zero-order chi connectivity index (χ0) is 12.6. The highest BCUT2D eigenvalue weighted by atomic mass is 32.2. The van der Waals surface area contributed by atoms with Gasteiger partial charge in [-0.2, -0.15) is 13.2 Å². The van der Waals surface area contributed by atoms with Crippen LogP contribution in [0.1, 0.15) is 11.1 Å². The summed E-state index contributed by atoms with van der Waals surface area (Å²) in [5, 5.41) is 9.71. The fourth-order valence-electron chi connectivity index (χ4n) is 1.69. The molecule has 0 saturated heterocycles. The number of aliphatic hydroxyl groups excluding tert-OH is 1. The summed E-state index contributed by atoms with van der Waals surface area (Å²) in [7, 11) is -4.54. The van der Waals surface area contributed by atoms with Gasteiger partial charge in [0.25, 0.3) is 10.1 Å². The Hall–Kier alpha value is -1.79. The normalized spacial score (nSPS) is 19.3. The molecule has 1 unspecified atom stereocenters. The van der Waals surface area contributed by atoms with Gasteiger partial charge in [-0.25, -0.2) is 0 Å². The second-order valence-corrected chi connectivity index (χ2v) is 4.92. The molecule has 2 rings (SSSR count). The topological polar surface area (TPSA) is 111 Å². The third-order valence-corrected chi connectivity index (χ3v) is 3.41. The van der Waals surface area contributed by atoms with Gasteiger partial charge in [0.15, 0.2) is 6.10 Å². The minimum atomic E-state index is -4.54. The van der Waals surface area contributed by atoms with Crippen molar-refractivity contribution in [1.29, 1.82) is 0 Å². The van der Waals surface area contributed by atoms with Crippen molar-refractivity contribution in [2.45, 2.75) is 6.10 Å². The lowest BCUT2D eigenvalue weighted by molar-refractivity contribution is -0.0162. The van der Waals surface area contributed by atoms with Gasteiger partial charge in [0.1, 0.15) is 4.91 Å². The fraction of sp³-hybridized carbons (Fsp3) is 0.100. The summed E-state index contributed by atoms with van der Waals surface area (Å²) in [6, 6.07) is 6.47. The van der Waals surface area contributed by atoms with E-state index in [1.165, 1.54) is 0 Å².